The van der Waals surface area contributed by atoms with E-state index in [-0.39, 0.29) is 11.2 Å². The molecule has 2 atom stereocenters. The molecule has 0 aliphatic carbocycles. The van der Waals surface area contributed by atoms with E-state index in [9.17, 15) is 0 Å². The van der Waals surface area contributed by atoms with E-state index in [1.165, 1.54) is 0 Å². The zero-order chi connectivity index (χ0) is 9.36. The Balaban J connectivity index is 2.02. The van der Waals surface area contributed by atoms with Crippen molar-refractivity contribution in [1.82, 2.24) is 0 Å². The van der Waals surface area contributed by atoms with Crippen molar-refractivity contribution in [3.8, 4) is 0 Å². The molecule has 0 radical (unpaired) electrons. The van der Waals surface area contributed by atoms with Crippen molar-refractivity contribution in [1.29, 1.82) is 0 Å². The molecule has 0 aromatic rings. The third-order valence-corrected chi connectivity index (χ3v) is 3.29. The van der Waals surface area contributed by atoms with Gasteiger partial charge in [0.05, 0.1) is 17.8 Å². The minimum atomic E-state index is -0.0965. The van der Waals surface area contributed by atoms with Crippen molar-refractivity contribution in [3.63, 3.8) is 0 Å². The van der Waals surface area contributed by atoms with Crippen LogP contribution in [0.15, 0.2) is 0 Å². The Labute approximate surface area is 79.6 Å². The number of ether oxygens (including phenoxy) is 2. The quantitative estimate of drug-likeness (QED) is 0.664. The number of hydrogen-bond acceptors (Lipinski definition) is 3. The molecule has 0 bridgehead atoms. The second-order valence-corrected chi connectivity index (χ2v) is 4.60. The molecule has 2 rings (SSSR count). The van der Waals surface area contributed by atoms with Crippen molar-refractivity contribution in [2.45, 2.75) is 43.8 Å². The topological polar surface area (TPSA) is 44.5 Å². The molecule has 2 aliphatic heterocycles. The van der Waals surface area contributed by atoms with E-state index >= 15 is 0 Å². The molecule has 2 heterocycles. The Morgan fingerprint density at radius 1 is 1.31 bits per heavy atom. The summed E-state index contributed by atoms with van der Waals surface area (Å²) in [5.74, 6) is 0. The normalized spacial score (nSPS) is 45.7. The molecule has 3 heteroatoms. The molecule has 2 aliphatic rings. The molecular formula is C10H19NO2. The van der Waals surface area contributed by atoms with Gasteiger partial charge in [-0.1, -0.05) is 0 Å². The highest BCUT2D eigenvalue weighted by molar-refractivity contribution is 4.96. The fraction of sp³-hybridized carbons (Fsp3) is 1.00. The first kappa shape index (κ1) is 9.44. The maximum Gasteiger partial charge on any atom is 0.0924 e. The Bertz CT molecular complexity index is 189. The Morgan fingerprint density at radius 3 is 2.69 bits per heavy atom. The van der Waals surface area contributed by atoms with E-state index in [0.717, 1.165) is 38.9 Å². The lowest BCUT2D eigenvalue weighted by Crippen LogP contribution is -2.43. The molecule has 1 spiro atoms. The van der Waals surface area contributed by atoms with E-state index in [1.54, 1.807) is 0 Å². The highest BCUT2D eigenvalue weighted by atomic mass is 16.6. The van der Waals surface area contributed by atoms with Gasteiger partial charge in [-0.15, -0.1) is 0 Å². The first-order chi connectivity index (χ1) is 6.18. The molecule has 76 valence electrons. The predicted molar refractivity (Wildman–Crippen MR) is 50.6 cm³/mol. The van der Waals surface area contributed by atoms with Crippen molar-refractivity contribution in [2.75, 3.05) is 19.8 Å². The van der Waals surface area contributed by atoms with Gasteiger partial charge in [0, 0.05) is 13.2 Å². The molecule has 0 aromatic heterocycles. The summed E-state index contributed by atoms with van der Waals surface area (Å²) in [5.41, 5.74) is 5.60. The van der Waals surface area contributed by atoms with Crippen LogP contribution in [0.4, 0.5) is 0 Å². The second kappa shape index (κ2) is 3.23. The van der Waals surface area contributed by atoms with E-state index < -0.39 is 0 Å². The first-order valence-corrected chi connectivity index (χ1v) is 5.16. The van der Waals surface area contributed by atoms with Gasteiger partial charge < -0.3 is 15.2 Å². The van der Waals surface area contributed by atoms with Gasteiger partial charge in [-0.05, 0) is 32.6 Å². The minimum Gasteiger partial charge on any atom is -0.378 e. The number of rotatable bonds is 1. The summed E-state index contributed by atoms with van der Waals surface area (Å²) >= 11 is 0. The van der Waals surface area contributed by atoms with Crippen LogP contribution in [0.1, 0.15) is 32.6 Å². The van der Waals surface area contributed by atoms with E-state index in [4.69, 9.17) is 15.2 Å². The van der Waals surface area contributed by atoms with Gasteiger partial charge in [0.2, 0.25) is 0 Å². The summed E-state index contributed by atoms with van der Waals surface area (Å²) in [4.78, 5) is 0. The molecular weight excluding hydrogens is 166 g/mol. The van der Waals surface area contributed by atoms with Crippen LogP contribution in [0.25, 0.3) is 0 Å². The first-order valence-electron chi connectivity index (χ1n) is 5.16. The highest BCUT2D eigenvalue weighted by Gasteiger charge is 2.46. The number of hydrogen-bond donors (Lipinski definition) is 1. The smallest absolute Gasteiger partial charge is 0.0924 e. The second-order valence-electron chi connectivity index (χ2n) is 4.60. The van der Waals surface area contributed by atoms with Crippen LogP contribution in [0.5, 0.6) is 0 Å². The van der Waals surface area contributed by atoms with Gasteiger partial charge in [0.15, 0.2) is 0 Å². The summed E-state index contributed by atoms with van der Waals surface area (Å²) in [5, 5.41) is 0. The van der Waals surface area contributed by atoms with Gasteiger partial charge in [-0.2, -0.15) is 0 Å². The van der Waals surface area contributed by atoms with Crippen LogP contribution < -0.4 is 5.73 Å². The lowest BCUT2D eigenvalue weighted by atomic mass is 9.92. The standard InChI is InChI=1S/C10H19NO2/c1-9(7-11)4-5-10(13-9)3-2-6-12-8-10/h2-8,11H2,1H3. The molecule has 3 nitrogen and oxygen atoms in total. The van der Waals surface area contributed by atoms with Crippen LogP contribution in [0, 0.1) is 0 Å². The Morgan fingerprint density at radius 2 is 2.15 bits per heavy atom. The highest BCUT2D eigenvalue weighted by Crippen LogP contribution is 2.41. The summed E-state index contributed by atoms with van der Waals surface area (Å²) < 4.78 is 11.6. The fourth-order valence-electron chi connectivity index (χ4n) is 2.37. The molecule has 0 amide bonds. The van der Waals surface area contributed by atoms with Crippen molar-refractivity contribution in [3.05, 3.63) is 0 Å². The fourth-order valence-corrected chi connectivity index (χ4v) is 2.37. The Hall–Kier alpha value is -0.120. The molecule has 2 N–H and O–H groups in total. The lowest BCUT2D eigenvalue weighted by molar-refractivity contribution is -0.149. The van der Waals surface area contributed by atoms with Gasteiger partial charge in [-0.3, -0.25) is 0 Å². The van der Waals surface area contributed by atoms with Crippen LogP contribution >= 0.6 is 0 Å². The molecule has 0 saturated carbocycles. The van der Waals surface area contributed by atoms with E-state index in [1.807, 2.05) is 0 Å². The molecule has 2 unspecified atom stereocenters. The van der Waals surface area contributed by atoms with Gasteiger partial charge in [0.1, 0.15) is 0 Å². The van der Waals surface area contributed by atoms with Crippen molar-refractivity contribution >= 4 is 0 Å². The minimum absolute atomic E-state index is 0.00632. The summed E-state index contributed by atoms with van der Waals surface area (Å²) in [6.45, 7) is 4.39. The predicted octanol–water partition coefficient (Wildman–Crippen LogP) is 1.06. The Kier molecular flexibility index (Phi) is 2.34. The van der Waals surface area contributed by atoms with Gasteiger partial charge in [-0.25, -0.2) is 0 Å². The van der Waals surface area contributed by atoms with Crippen LogP contribution in [-0.4, -0.2) is 31.0 Å². The molecule has 13 heavy (non-hydrogen) atoms. The summed E-state index contributed by atoms with van der Waals surface area (Å²) in [6, 6.07) is 0. The van der Waals surface area contributed by atoms with Crippen molar-refractivity contribution in [2.24, 2.45) is 5.73 Å². The largest absolute Gasteiger partial charge is 0.378 e. The van der Waals surface area contributed by atoms with Crippen LogP contribution in [-0.2, 0) is 9.47 Å². The van der Waals surface area contributed by atoms with E-state index in [0.29, 0.717) is 6.54 Å². The zero-order valence-corrected chi connectivity index (χ0v) is 8.34. The van der Waals surface area contributed by atoms with Crippen molar-refractivity contribution < 1.29 is 9.47 Å². The maximum atomic E-state index is 6.08. The SMILES string of the molecule is CC1(CN)CCC2(CCCOC2)O1. The molecule has 0 aromatic carbocycles. The van der Waals surface area contributed by atoms with Crippen LogP contribution in [0.2, 0.25) is 0 Å². The monoisotopic (exact) mass is 185 g/mol. The zero-order valence-electron chi connectivity index (χ0n) is 8.34. The molecule has 2 saturated heterocycles. The maximum absolute atomic E-state index is 6.08. The third kappa shape index (κ3) is 1.73. The third-order valence-electron chi connectivity index (χ3n) is 3.29. The van der Waals surface area contributed by atoms with Gasteiger partial charge in [0.25, 0.3) is 0 Å². The van der Waals surface area contributed by atoms with Gasteiger partial charge >= 0.3 is 0 Å². The van der Waals surface area contributed by atoms with Crippen LogP contribution in [0.3, 0.4) is 0 Å². The number of nitrogens with two attached hydrogens (primary N) is 1. The summed E-state index contributed by atoms with van der Waals surface area (Å²) in [7, 11) is 0. The lowest BCUT2D eigenvalue weighted by Gasteiger charge is -2.35. The average Bonchev–Trinajstić information content (AvgIpc) is 2.47. The molecule has 2 fully saturated rings. The van der Waals surface area contributed by atoms with E-state index in [2.05, 4.69) is 6.92 Å². The average molecular weight is 185 g/mol. The summed E-state index contributed by atoms with van der Waals surface area (Å²) in [6.07, 6.45) is 4.46.